The molecule has 0 saturated heterocycles. The van der Waals surface area contributed by atoms with E-state index in [0.717, 1.165) is 21.3 Å². The average molecular weight is 456 g/mol. The molecule has 2 aromatic carbocycles. The molecule has 28 heavy (non-hydrogen) atoms. The summed E-state index contributed by atoms with van der Waals surface area (Å²) >= 11 is 9.66. The standard InChI is InChI=1S/C19H12BrClN6O/c20-12-6-4-11(5-7-12)16-15-9-22-10-23-17(15)26(14-3-1-2-13(21)8-14)18-24-25-19(28)27(16)18/h1-10,16H,(H,25,28). The predicted octanol–water partition coefficient (Wildman–Crippen LogP) is 4.20. The lowest BCUT2D eigenvalue weighted by Crippen LogP contribution is -2.33. The van der Waals surface area contributed by atoms with Crippen LogP contribution in [0.15, 0.2) is 70.3 Å². The van der Waals surface area contributed by atoms with E-state index >= 15 is 0 Å². The van der Waals surface area contributed by atoms with Crippen molar-refractivity contribution >= 4 is 45.0 Å². The molecule has 0 radical (unpaired) electrons. The third kappa shape index (κ3) is 2.64. The Hall–Kier alpha value is -2.97. The minimum atomic E-state index is -0.402. The number of nitrogens with zero attached hydrogens (tertiary/aromatic N) is 5. The molecule has 7 nitrogen and oxygen atoms in total. The van der Waals surface area contributed by atoms with Gasteiger partial charge in [-0.25, -0.2) is 24.4 Å². The van der Waals surface area contributed by atoms with Gasteiger partial charge in [0.2, 0.25) is 5.95 Å². The number of anilines is 3. The van der Waals surface area contributed by atoms with Gasteiger partial charge in [0.15, 0.2) is 0 Å². The molecule has 0 spiro atoms. The van der Waals surface area contributed by atoms with Gasteiger partial charge in [-0.15, -0.1) is 5.10 Å². The molecule has 0 fully saturated rings. The summed E-state index contributed by atoms with van der Waals surface area (Å²) in [5, 5.41) is 7.42. The second-order valence-electron chi connectivity index (χ2n) is 6.27. The van der Waals surface area contributed by atoms with Crippen LogP contribution in [0.25, 0.3) is 0 Å². The van der Waals surface area contributed by atoms with Crippen molar-refractivity contribution in [2.45, 2.75) is 6.04 Å². The molecule has 9 heteroatoms. The summed E-state index contributed by atoms with van der Waals surface area (Å²) in [7, 11) is 0. The van der Waals surface area contributed by atoms with E-state index in [1.54, 1.807) is 27.8 Å². The second-order valence-corrected chi connectivity index (χ2v) is 7.62. The number of hydrogen-bond donors (Lipinski definition) is 1. The van der Waals surface area contributed by atoms with E-state index in [1.807, 2.05) is 36.4 Å². The summed E-state index contributed by atoms with van der Waals surface area (Å²) in [6.07, 6.45) is 3.21. The Morgan fingerprint density at radius 3 is 2.75 bits per heavy atom. The first-order valence-corrected chi connectivity index (χ1v) is 9.58. The third-order valence-electron chi connectivity index (χ3n) is 4.62. The van der Waals surface area contributed by atoms with Crippen molar-refractivity contribution in [3.63, 3.8) is 0 Å². The second kappa shape index (κ2) is 6.57. The highest BCUT2D eigenvalue weighted by Crippen LogP contribution is 2.44. The third-order valence-corrected chi connectivity index (χ3v) is 5.38. The first-order valence-electron chi connectivity index (χ1n) is 8.41. The maximum absolute atomic E-state index is 12.7. The summed E-state index contributed by atoms with van der Waals surface area (Å²) in [5.74, 6) is 1.09. The first kappa shape index (κ1) is 17.2. The van der Waals surface area contributed by atoms with Crippen LogP contribution in [0, 0.1) is 0 Å². The number of benzene rings is 2. The molecule has 3 heterocycles. The smallest absolute Gasteiger partial charge is 0.262 e. The highest BCUT2D eigenvalue weighted by Gasteiger charge is 2.36. The number of rotatable bonds is 2. The van der Waals surface area contributed by atoms with Crippen molar-refractivity contribution in [3.8, 4) is 0 Å². The zero-order valence-corrected chi connectivity index (χ0v) is 16.6. The predicted molar refractivity (Wildman–Crippen MR) is 110 cm³/mol. The highest BCUT2D eigenvalue weighted by atomic mass is 79.9. The van der Waals surface area contributed by atoms with Crippen LogP contribution >= 0.6 is 27.5 Å². The molecule has 1 aliphatic heterocycles. The van der Waals surface area contributed by atoms with Crippen LogP contribution in [0.3, 0.4) is 0 Å². The van der Waals surface area contributed by atoms with E-state index in [2.05, 4.69) is 36.1 Å². The molecule has 0 amide bonds. The van der Waals surface area contributed by atoms with Crippen LogP contribution in [0.4, 0.5) is 17.5 Å². The summed E-state index contributed by atoms with van der Waals surface area (Å²) < 4.78 is 2.56. The molecule has 1 aliphatic rings. The summed E-state index contributed by atoms with van der Waals surface area (Å²) in [4.78, 5) is 23.2. The van der Waals surface area contributed by atoms with Crippen molar-refractivity contribution in [2.24, 2.45) is 0 Å². The SMILES string of the molecule is O=c1[nH]nc2n1C(c1ccc(Br)cc1)c1cncnc1N2c1cccc(Cl)c1. The zero-order valence-electron chi connectivity index (χ0n) is 14.3. The maximum Gasteiger partial charge on any atom is 0.345 e. The monoisotopic (exact) mass is 454 g/mol. The van der Waals surface area contributed by atoms with Gasteiger partial charge in [0.05, 0.1) is 11.7 Å². The van der Waals surface area contributed by atoms with Gasteiger partial charge in [0.1, 0.15) is 12.1 Å². The van der Waals surface area contributed by atoms with Gasteiger partial charge in [-0.1, -0.05) is 45.7 Å². The summed E-state index contributed by atoms with van der Waals surface area (Å²) in [6.45, 7) is 0. The number of hydrogen-bond acceptors (Lipinski definition) is 5. The van der Waals surface area contributed by atoms with E-state index in [1.165, 1.54) is 6.33 Å². The van der Waals surface area contributed by atoms with Gasteiger partial charge >= 0.3 is 5.69 Å². The summed E-state index contributed by atoms with van der Waals surface area (Å²) in [5.41, 5.74) is 2.15. The number of halogens is 2. The molecule has 0 saturated carbocycles. The molecule has 1 atom stereocenters. The minimum absolute atomic E-state index is 0.315. The topological polar surface area (TPSA) is 79.7 Å². The normalized spacial score (nSPS) is 15.2. The van der Waals surface area contributed by atoms with Crippen LogP contribution in [0.5, 0.6) is 0 Å². The number of aromatic amines is 1. The van der Waals surface area contributed by atoms with Crippen LogP contribution in [0.1, 0.15) is 17.2 Å². The fourth-order valence-electron chi connectivity index (χ4n) is 3.46. The quantitative estimate of drug-likeness (QED) is 0.431. The van der Waals surface area contributed by atoms with Gasteiger partial charge in [-0.2, -0.15) is 0 Å². The van der Waals surface area contributed by atoms with Gasteiger partial charge in [-0.05, 0) is 35.9 Å². The molecule has 138 valence electrons. The summed E-state index contributed by atoms with van der Waals surface area (Å²) in [6, 6.07) is 14.7. The molecule has 1 unspecified atom stereocenters. The molecule has 4 aromatic rings. The van der Waals surface area contributed by atoms with Crippen molar-refractivity contribution in [1.29, 1.82) is 0 Å². The number of aromatic nitrogens is 5. The van der Waals surface area contributed by atoms with Crippen LogP contribution in [-0.2, 0) is 0 Å². The lowest BCUT2D eigenvalue weighted by molar-refractivity contribution is 0.629. The fraction of sp³-hybridized carbons (Fsp3) is 0.0526. The van der Waals surface area contributed by atoms with Crippen LogP contribution < -0.4 is 10.6 Å². The van der Waals surface area contributed by atoms with Crippen molar-refractivity contribution in [2.75, 3.05) is 4.90 Å². The van der Waals surface area contributed by atoms with Gasteiger partial charge in [0.25, 0.3) is 0 Å². The van der Waals surface area contributed by atoms with Gasteiger partial charge in [-0.3, -0.25) is 4.90 Å². The average Bonchev–Trinajstić information content (AvgIpc) is 3.08. The van der Waals surface area contributed by atoms with E-state index in [9.17, 15) is 4.79 Å². The lowest BCUT2D eigenvalue weighted by Gasteiger charge is -2.33. The number of nitrogens with one attached hydrogen (secondary N) is 1. The molecular weight excluding hydrogens is 444 g/mol. The minimum Gasteiger partial charge on any atom is -0.262 e. The maximum atomic E-state index is 12.7. The first-order chi connectivity index (χ1) is 13.6. The van der Waals surface area contributed by atoms with E-state index < -0.39 is 6.04 Å². The Balaban J connectivity index is 1.80. The Bertz CT molecular complexity index is 1240. The van der Waals surface area contributed by atoms with Crippen molar-refractivity contribution in [1.82, 2.24) is 24.7 Å². The van der Waals surface area contributed by atoms with Crippen LogP contribution in [0.2, 0.25) is 5.02 Å². The Morgan fingerprint density at radius 1 is 1.14 bits per heavy atom. The molecule has 0 aliphatic carbocycles. The fourth-order valence-corrected chi connectivity index (χ4v) is 3.91. The Morgan fingerprint density at radius 2 is 1.96 bits per heavy atom. The highest BCUT2D eigenvalue weighted by molar-refractivity contribution is 9.10. The largest absolute Gasteiger partial charge is 0.345 e. The molecule has 1 N–H and O–H groups in total. The lowest BCUT2D eigenvalue weighted by atomic mass is 9.98. The van der Waals surface area contributed by atoms with E-state index in [-0.39, 0.29) is 5.69 Å². The molecule has 5 rings (SSSR count). The zero-order chi connectivity index (χ0) is 19.3. The van der Waals surface area contributed by atoms with Crippen molar-refractivity contribution in [3.05, 3.63) is 92.2 Å². The van der Waals surface area contributed by atoms with Crippen molar-refractivity contribution < 1.29 is 0 Å². The molecule has 0 bridgehead atoms. The van der Waals surface area contributed by atoms with Gasteiger partial charge < -0.3 is 0 Å². The number of H-pyrrole nitrogens is 1. The Labute approximate surface area is 172 Å². The molecular formula is C19H12BrClN6O. The van der Waals surface area contributed by atoms with Gasteiger partial charge in [0, 0.05) is 21.3 Å². The molecule has 2 aromatic heterocycles. The van der Waals surface area contributed by atoms with E-state index in [4.69, 9.17) is 11.6 Å². The van der Waals surface area contributed by atoms with E-state index in [0.29, 0.717) is 16.8 Å². The Kier molecular flexibility index (Phi) is 4.03. The number of fused-ring (bicyclic) bond motifs is 2. The van der Waals surface area contributed by atoms with Crippen LogP contribution in [-0.4, -0.2) is 24.7 Å².